The molecule has 0 spiro atoms. The first-order valence-electron chi connectivity index (χ1n) is 4.19. The van der Waals surface area contributed by atoms with Crippen molar-refractivity contribution in [2.45, 2.75) is 19.0 Å². The Morgan fingerprint density at radius 2 is 2.46 bits per heavy atom. The smallest absolute Gasteiger partial charge is 0.107 e. The van der Waals surface area contributed by atoms with Crippen LogP contribution in [0, 0.1) is 0 Å². The van der Waals surface area contributed by atoms with Crippen molar-refractivity contribution in [1.29, 1.82) is 0 Å². The summed E-state index contributed by atoms with van der Waals surface area (Å²) >= 11 is 0. The van der Waals surface area contributed by atoms with Crippen molar-refractivity contribution < 1.29 is 9.50 Å². The van der Waals surface area contributed by atoms with Crippen LogP contribution in [0.5, 0.6) is 0 Å². The van der Waals surface area contributed by atoms with Gasteiger partial charge in [-0.2, -0.15) is 0 Å². The number of nitrogens with two attached hydrogens (primary N) is 1. The van der Waals surface area contributed by atoms with Crippen LogP contribution >= 0.6 is 0 Å². The largest absolute Gasteiger partial charge is 0.395 e. The highest BCUT2D eigenvalue weighted by atomic mass is 19.1. The molecule has 1 heterocycles. The number of hydrogen-bond acceptors (Lipinski definition) is 3. The molecule has 0 aliphatic rings. The van der Waals surface area contributed by atoms with Crippen molar-refractivity contribution in [2.75, 3.05) is 13.3 Å². The molecule has 0 aromatic carbocycles. The second kappa shape index (κ2) is 4.94. The van der Waals surface area contributed by atoms with Crippen LogP contribution < -0.4 is 5.73 Å². The van der Waals surface area contributed by atoms with E-state index in [1.54, 1.807) is 17.1 Å². The van der Waals surface area contributed by atoms with Gasteiger partial charge in [0.25, 0.3) is 0 Å². The summed E-state index contributed by atoms with van der Waals surface area (Å²) in [4.78, 5) is 4.03. The molecule has 4 nitrogen and oxygen atoms in total. The van der Waals surface area contributed by atoms with Crippen molar-refractivity contribution in [3.63, 3.8) is 0 Å². The Kier molecular flexibility index (Phi) is 3.85. The van der Waals surface area contributed by atoms with Gasteiger partial charge in [0.1, 0.15) is 6.67 Å². The lowest BCUT2D eigenvalue weighted by molar-refractivity contribution is 0.264. The van der Waals surface area contributed by atoms with Gasteiger partial charge in [-0.25, -0.2) is 9.37 Å². The quantitative estimate of drug-likeness (QED) is 0.666. The fourth-order valence-electron chi connectivity index (χ4n) is 1.06. The summed E-state index contributed by atoms with van der Waals surface area (Å²) in [7, 11) is 0. The number of halogens is 1. The lowest BCUT2D eigenvalue weighted by Gasteiger charge is -2.03. The number of imidazole rings is 1. The first-order chi connectivity index (χ1) is 6.26. The van der Waals surface area contributed by atoms with Crippen molar-refractivity contribution in [2.24, 2.45) is 5.73 Å². The first kappa shape index (κ1) is 10.1. The summed E-state index contributed by atoms with van der Waals surface area (Å²) in [5.41, 5.74) is 6.30. The number of rotatable bonds is 5. The first-order valence-corrected chi connectivity index (χ1v) is 4.19. The Bertz CT molecular complexity index is 251. The third-order valence-corrected chi connectivity index (χ3v) is 1.74. The average Bonchev–Trinajstić information content (AvgIpc) is 2.53. The van der Waals surface area contributed by atoms with E-state index in [1.807, 2.05) is 0 Å². The maximum atomic E-state index is 11.9. The number of nitrogens with zero attached hydrogens (tertiary/aromatic N) is 2. The van der Waals surface area contributed by atoms with E-state index in [2.05, 4.69) is 4.98 Å². The molecule has 0 saturated heterocycles. The fraction of sp³-hybridized carbons (Fsp3) is 0.625. The minimum absolute atomic E-state index is 0.0596. The fourth-order valence-corrected chi connectivity index (χ4v) is 1.06. The second-order valence-corrected chi connectivity index (χ2v) is 2.94. The lowest BCUT2D eigenvalue weighted by atomic mass is 10.2. The number of hydrogen-bond donors (Lipinski definition) is 2. The van der Waals surface area contributed by atoms with Crippen LogP contribution in [0.25, 0.3) is 0 Å². The van der Waals surface area contributed by atoms with Crippen LogP contribution in [0.3, 0.4) is 0 Å². The minimum atomic E-state index is -0.401. The molecule has 1 rings (SSSR count). The molecule has 0 saturated carbocycles. The monoisotopic (exact) mass is 187 g/mol. The van der Waals surface area contributed by atoms with Crippen LogP contribution in [0.4, 0.5) is 4.39 Å². The number of aromatic nitrogens is 2. The predicted octanol–water partition coefficient (Wildman–Crippen LogP) is -0.285. The van der Waals surface area contributed by atoms with Crippen LogP contribution in [0.15, 0.2) is 12.5 Å². The second-order valence-electron chi connectivity index (χ2n) is 2.94. The summed E-state index contributed by atoms with van der Waals surface area (Å²) < 4.78 is 13.6. The summed E-state index contributed by atoms with van der Waals surface area (Å²) in [5, 5.41) is 8.69. The Morgan fingerprint density at radius 1 is 1.69 bits per heavy atom. The zero-order chi connectivity index (χ0) is 9.68. The third-order valence-electron chi connectivity index (χ3n) is 1.74. The Labute approximate surface area is 76.2 Å². The van der Waals surface area contributed by atoms with Gasteiger partial charge in [0.2, 0.25) is 0 Å². The summed E-state index contributed by atoms with van der Waals surface area (Å²) in [5.74, 6) is 0. The highest BCUT2D eigenvalue weighted by Gasteiger charge is 2.04. The summed E-state index contributed by atoms with van der Waals surface area (Å²) in [6.45, 7) is -0.140. The molecule has 3 N–H and O–H groups in total. The Morgan fingerprint density at radius 3 is 3.08 bits per heavy atom. The van der Waals surface area contributed by atoms with Crippen molar-refractivity contribution >= 4 is 0 Å². The molecule has 1 atom stereocenters. The zero-order valence-corrected chi connectivity index (χ0v) is 7.36. The van der Waals surface area contributed by atoms with Gasteiger partial charge >= 0.3 is 0 Å². The molecule has 0 unspecified atom stereocenters. The normalized spacial score (nSPS) is 13.2. The SMILES string of the molecule is N[C@H](CO)Cc1cn(CCF)cn1. The summed E-state index contributed by atoms with van der Waals surface area (Å²) in [6.07, 6.45) is 3.84. The highest BCUT2D eigenvalue weighted by Crippen LogP contribution is 1.99. The van der Waals surface area contributed by atoms with Crippen molar-refractivity contribution in [3.05, 3.63) is 18.2 Å². The molecule has 5 heteroatoms. The van der Waals surface area contributed by atoms with Crippen molar-refractivity contribution in [3.8, 4) is 0 Å². The van der Waals surface area contributed by atoms with E-state index < -0.39 is 6.67 Å². The Balaban J connectivity index is 2.48. The number of aliphatic hydroxyl groups is 1. The van der Waals surface area contributed by atoms with Crippen molar-refractivity contribution in [1.82, 2.24) is 9.55 Å². The van der Waals surface area contributed by atoms with Gasteiger partial charge < -0.3 is 15.4 Å². The molecular formula is C8H14FN3O. The van der Waals surface area contributed by atoms with Gasteiger partial charge in [0, 0.05) is 18.7 Å². The van der Waals surface area contributed by atoms with Gasteiger partial charge in [0.05, 0.1) is 25.2 Å². The summed E-state index contributed by atoms with van der Waals surface area (Å²) in [6, 6.07) is -0.284. The molecule has 74 valence electrons. The molecule has 0 bridgehead atoms. The van der Waals surface area contributed by atoms with E-state index >= 15 is 0 Å². The maximum Gasteiger partial charge on any atom is 0.107 e. The molecule has 0 fully saturated rings. The molecule has 1 aromatic rings. The van der Waals surface area contributed by atoms with E-state index in [0.717, 1.165) is 5.69 Å². The molecule has 0 amide bonds. The number of aryl methyl sites for hydroxylation is 1. The minimum Gasteiger partial charge on any atom is -0.395 e. The average molecular weight is 187 g/mol. The van der Waals surface area contributed by atoms with E-state index in [4.69, 9.17) is 10.8 Å². The van der Waals surface area contributed by atoms with E-state index in [0.29, 0.717) is 13.0 Å². The molecule has 0 aliphatic carbocycles. The van der Waals surface area contributed by atoms with Crippen LogP contribution in [0.1, 0.15) is 5.69 Å². The van der Waals surface area contributed by atoms with Crippen LogP contribution in [0.2, 0.25) is 0 Å². The molecule has 0 radical (unpaired) electrons. The predicted molar refractivity (Wildman–Crippen MR) is 47.0 cm³/mol. The van der Waals surface area contributed by atoms with E-state index in [9.17, 15) is 4.39 Å². The Hall–Kier alpha value is -0.940. The van der Waals surface area contributed by atoms with E-state index in [-0.39, 0.29) is 12.6 Å². The van der Waals surface area contributed by atoms with Gasteiger partial charge in [-0.15, -0.1) is 0 Å². The standard InChI is InChI=1S/C8H14FN3O/c9-1-2-12-4-8(11-6-12)3-7(10)5-13/h4,6-7,13H,1-3,5,10H2/t7-/m0/s1. The van der Waals surface area contributed by atoms with Gasteiger partial charge in [-0.1, -0.05) is 0 Å². The van der Waals surface area contributed by atoms with Gasteiger partial charge in [-0.3, -0.25) is 0 Å². The maximum absolute atomic E-state index is 11.9. The molecule has 13 heavy (non-hydrogen) atoms. The number of aliphatic hydroxyl groups excluding tert-OH is 1. The molecular weight excluding hydrogens is 173 g/mol. The zero-order valence-electron chi connectivity index (χ0n) is 7.36. The lowest BCUT2D eigenvalue weighted by Crippen LogP contribution is -2.26. The topological polar surface area (TPSA) is 64.1 Å². The molecule has 1 aromatic heterocycles. The van der Waals surface area contributed by atoms with Crippen LogP contribution in [-0.2, 0) is 13.0 Å². The van der Waals surface area contributed by atoms with Gasteiger partial charge in [0.15, 0.2) is 0 Å². The van der Waals surface area contributed by atoms with E-state index in [1.165, 1.54) is 0 Å². The highest BCUT2D eigenvalue weighted by molar-refractivity contribution is 4.99. The molecule has 0 aliphatic heterocycles. The van der Waals surface area contributed by atoms with Crippen LogP contribution in [-0.4, -0.2) is 34.0 Å². The van der Waals surface area contributed by atoms with Gasteiger partial charge in [-0.05, 0) is 0 Å². The number of alkyl halides is 1. The third kappa shape index (κ3) is 3.12.